The van der Waals surface area contributed by atoms with E-state index in [4.69, 9.17) is 0 Å². The molecule has 6 heteroatoms. The quantitative estimate of drug-likeness (QED) is 0.499. The molecule has 1 aromatic heterocycles. The molecular weight excluding hydrogens is 356 g/mol. The van der Waals surface area contributed by atoms with Gasteiger partial charge in [0.05, 0.1) is 5.75 Å². The summed E-state index contributed by atoms with van der Waals surface area (Å²) in [6, 6.07) is 8.44. The summed E-state index contributed by atoms with van der Waals surface area (Å²) in [4.78, 5) is 14.1. The lowest BCUT2D eigenvalue weighted by molar-refractivity contribution is -0.127. The lowest BCUT2D eigenvalue weighted by Gasteiger charge is -2.19. The van der Waals surface area contributed by atoms with E-state index in [9.17, 15) is 4.79 Å². The molecule has 0 saturated heterocycles. The number of hydrogen-bond donors (Lipinski definition) is 0. The summed E-state index contributed by atoms with van der Waals surface area (Å²) in [6.07, 6.45) is 1.83. The molecule has 2 aromatic rings. The van der Waals surface area contributed by atoms with E-state index < -0.39 is 0 Å². The van der Waals surface area contributed by atoms with Crippen LogP contribution in [0.4, 0.5) is 0 Å². The van der Waals surface area contributed by atoms with Gasteiger partial charge in [0, 0.05) is 25.2 Å². The third kappa shape index (κ3) is 5.22. The van der Waals surface area contributed by atoms with Gasteiger partial charge in [-0.2, -0.15) is 0 Å². The average Bonchev–Trinajstić information content (AvgIpc) is 3.03. The molecule has 146 valence electrons. The standard InChI is InChI=1S/C21H30N4OS/c1-7-14-25-19(16-10-12-17(13-11-16)21(4,5)6)22-23-20(25)27-15-18(26)24(8-2)9-3/h7,10-13H,1,8-9,14-15H2,2-6H3. The second-order valence-electron chi connectivity index (χ2n) is 7.39. The molecule has 1 heterocycles. The molecule has 1 aromatic carbocycles. The van der Waals surface area contributed by atoms with Crippen molar-refractivity contribution in [1.29, 1.82) is 0 Å². The van der Waals surface area contributed by atoms with Gasteiger partial charge in [-0.1, -0.05) is 62.9 Å². The summed E-state index contributed by atoms with van der Waals surface area (Å²) >= 11 is 1.43. The summed E-state index contributed by atoms with van der Waals surface area (Å²) < 4.78 is 2.01. The van der Waals surface area contributed by atoms with Crippen LogP contribution in [0.1, 0.15) is 40.2 Å². The highest BCUT2D eigenvalue weighted by Crippen LogP contribution is 2.27. The maximum Gasteiger partial charge on any atom is 0.233 e. The smallest absolute Gasteiger partial charge is 0.233 e. The number of hydrogen-bond acceptors (Lipinski definition) is 4. The van der Waals surface area contributed by atoms with E-state index in [1.54, 1.807) is 0 Å². The van der Waals surface area contributed by atoms with E-state index in [0.717, 1.165) is 29.6 Å². The topological polar surface area (TPSA) is 51.0 Å². The summed E-state index contributed by atoms with van der Waals surface area (Å²) in [6.45, 7) is 16.5. The Hall–Kier alpha value is -2.08. The Morgan fingerprint density at radius 1 is 1.19 bits per heavy atom. The molecule has 0 radical (unpaired) electrons. The van der Waals surface area contributed by atoms with Crippen LogP contribution in [0.5, 0.6) is 0 Å². The number of carbonyl (C=O) groups is 1. The number of benzene rings is 1. The number of amides is 1. The van der Waals surface area contributed by atoms with Crippen molar-refractivity contribution in [3.8, 4) is 11.4 Å². The Bertz CT molecular complexity index is 770. The Labute approximate surface area is 166 Å². The normalized spacial score (nSPS) is 11.4. The van der Waals surface area contributed by atoms with Crippen LogP contribution in [-0.2, 0) is 16.8 Å². The summed E-state index contributed by atoms with van der Waals surface area (Å²) in [5.74, 6) is 1.28. The fourth-order valence-corrected chi connectivity index (χ4v) is 3.67. The van der Waals surface area contributed by atoms with Crippen LogP contribution < -0.4 is 0 Å². The molecule has 0 N–H and O–H groups in total. The molecule has 0 atom stereocenters. The Morgan fingerprint density at radius 3 is 2.33 bits per heavy atom. The second-order valence-corrected chi connectivity index (χ2v) is 8.33. The van der Waals surface area contributed by atoms with E-state index in [-0.39, 0.29) is 11.3 Å². The van der Waals surface area contributed by atoms with Crippen molar-refractivity contribution >= 4 is 17.7 Å². The lowest BCUT2D eigenvalue weighted by Crippen LogP contribution is -2.31. The van der Waals surface area contributed by atoms with Crippen molar-refractivity contribution in [3.63, 3.8) is 0 Å². The summed E-state index contributed by atoms with van der Waals surface area (Å²) in [7, 11) is 0. The number of carbonyl (C=O) groups excluding carboxylic acids is 1. The minimum atomic E-state index is 0.110. The fourth-order valence-electron chi connectivity index (χ4n) is 2.82. The molecule has 2 rings (SSSR count). The number of nitrogens with zero attached hydrogens (tertiary/aromatic N) is 4. The van der Waals surface area contributed by atoms with E-state index in [2.05, 4.69) is 61.8 Å². The average molecular weight is 387 g/mol. The number of allylic oxidation sites excluding steroid dienone is 1. The van der Waals surface area contributed by atoms with Gasteiger partial charge < -0.3 is 4.90 Å². The number of thioether (sulfide) groups is 1. The van der Waals surface area contributed by atoms with Gasteiger partial charge in [0.25, 0.3) is 0 Å². The van der Waals surface area contributed by atoms with Crippen molar-refractivity contribution in [3.05, 3.63) is 42.5 Å². The van der Waals surface area contributed by atoms with Gasteiger partial charge in [-0.3, -0.25) is 9.36 Å². The monoisotopic (exact) mass is 386 g/mol. The van der Waals surface area contributed by atoms with Gasteiger partial charge in [-0.15, -0.1) is 16.8 Å². The molecule has 0 bridgehead atoms. The minimum absolute atomic E-state index is 0.110. The Morgan fingerprint density at radius 2 is 1.81 bits per heavy atom. The molecule has 5 nitrogen and oxygen atoms in total. The van der Waals surface area contributed by atoms with Crippen LogP contribution in [-0.4, -0.2) is 44.4 Å². The molecule has 0 unspecified atom stereocenters. The Kier molecular flexibility index (Phi) is 7.25. The van der Waals surface area contributed by atoms with Crippen molar-refractivity contribution in [1.82, 2.24) is 19.7 Å². The maximum atomic E-state index is 12.3. The molecule has 0 spiro atoms. The lowest BCUT2D eigenvalue weighted by atomic mass is 9.87. The highest BCUT2D eigenvalue weighted by atomic mass is 32.2. The van der Waals surface area contributed by atoms with Crippen molar-refractivity contribution in [2.24, 2.45) is 0 Å². The third-order valence-electron chi connectivity index (χ3n) is 4.48. The van der Waals surface area contributed by atoms with E-state index in [0.29, 0.717) is 12.3 Å². The molecule has 1 amide bonds. The zero-order valence-electron chi connectivity index (χ0n) is 17.0. The van der Waals surface area contributed by atoms with Gasteiger partial charge in [-0.25, -0.2) is 0 Å². The zero-order valence-corrected chi connectivity index (χ0v) is 17.8. The maximum absolute atomic E-state index is 12.3. The van der Waals surface area contributed by atoms with Gasteiger partial charge in [0.15, 0.2) is 11.0 Å². The highest BCUT2D eigenvalue weighted by Gasteiger charge is 2.18. The zero-order chi connectivity index (χ0) is 20.0. The first-order valence-corrected chi connectivity index (χ1v) is 10.4. The second kappa shape index (κ2) is 9.22. The molecule has 0 aliphatic rings. The van der Waals surface area contributed by atoms with Crippen molar-refractivity contribution < 1.29 is 4.79 Å². The number of rotatable bonds is 8. The molecule has 0 fully saturated rings. The van der Waals surface area contributed by atoms with Gasteiger partial charge in [-0.05, 0) is 24.8 Å². The summed E-state index contributed by atoms with van der Waals surface area (Å²) in [5.41, 5.74) is 2.40. The fraction of sp³-hybridized carbons (Fsp3) is 0.476. The predicted octanol–water partition coefficient (Wildman–Crippen LogP) is 4.39. The van der Waals surface area contributed by atoms with Crippen molar-refractivity contribution in [2.75, 3.05) is 18.8 Å². The molecule has 0 saturated carbocycles. The third-order valence-corrected chi connectivity index (χ3v) is 5.43. The summed E-state index contributed by atoms with van der Waals surface area (Å²) in [5, 5.41) is 9.44. The molecule has 27 heavy (non-hydrogen) atoms. The van der Waals surface area contributed by atoms with Crippen LogP contribution >= 0.6 is 11.8 Å². The Balaban J connectivity index is 2.24. The predicted molar refractivity (Wildman–Crippen MR) is 113 cm³/mol. The van der Waals surface area contributed by atoms with E-state index in [1.165, 1.54) is 17.3 Å². The first-order chi connectivity index (χ1) is 12.8. The highest BCUT2D eigenvalue weighted by molar-refractivity contribution is 7.99. The van der Waals surface area contributed by atoms with Crippen LogP contribution in [0.2, 0.25) is 0 Å². The first kappa shape index (κ1) is 21.2. The van der Waals surface area contributed by atoms with Crippen molar-refractivity contribution in [2.45, 2.75) is 51.7 Å². The minimum Gasteiger partial charge on any atom is -0.343 e. The molecule has 0 aliphatic carbocycles. The van der Waals surface area contributed by atoms with Crippen LogP contribution in [0, 0.1) is 0 Å². The van der Waals surface area contributed by atoms with Crippen LogP contribution in [0.15, 0.2) is 42.1 Å². The van der Waals surface area contributed by atoms with E-state index >= 15 is 0 Å². The molecular formula is C21H30N4OS. The largest absolute Gasteiger partial charge is 0.343 e. The first-order valence-electron chi connectivity index (χ1n) is 9.37. The van der Waals surface area contributed by atoms with Gasteiger partial charge >= 0.3 is 0 Å². The van der Waals surface area contributed by atoms with E-state index in [1.807, 2.05) is 29.4 Å². The molecule has 0 aliphatic heterocycles. The SMILES string of the molecule is C=CCn1c(SCC(=O)N(CC)CC)nnc1-c1ccc(C(C)(C)C)cc1. The van der Waals surface area contributed by atoms with Gasteiger partial charge in [0.1, 0.15) is 0 Å². The number of aromatic nitrogens is 3. The van der Waals surface area contributed by atoms with Gasteiger partial charge in [0.2, 0.25) is 5.91 Å². The van der Waals surface area contributed by atoms with Crippen LogP contribution in [0.3, 0.4) is 0 Å². The van der Waals surface area contributed by atoms with Crippen LogP contribution in [0.25, 0.3) is 11.4 Å².